The molecule has 1 aliphatic heterocycles. The fourth-order valence-corrected chi connectivity index (χ4v) is 4.05. The van der Waals surface area contributed by atoms with Gasteiger partial charge in [-0.1, -0.05) is 57.6 Å². The molecule has 23 heavy (non-hydrogen) atoms. The Morgan fingerprint density at radius 2 is 1.48 bits per heavy atom. The zero-order chi connectivity index (χ0) is 16.2. The van der Waals surface area contributed by atoms with Crippen LogP contribution in [0.5, 0.6) is 0 Å². The van der Waals surface area contributed by atoms with E-state index in [-0.39, 0.29) is 11.8 Å². The second kappa shape index (κ2) is 7.29. The van der Waals surface area contributed by atoms with Crippen LogP contribution in [0.3, 0.4) is 0 Å². The molecule has 3 nitrogen and oxygen atoms in total. The molecule has 1 aromatic carbocycles. The summed E-state index contributed by atoms with van der Waals surface area (Å²) < 4.78 is 0. The standard InChI is InChI=1S/C20H27NO2/c1-2-3-4-7-15-10-12-16(13-11-15)14-21-19(22)17-8-5-6-9-18(17)20(21)23/h5-6,8-9,15-16H,2-4,7,10-14H2,1H3. The van der Waals surface area contributed by atoms with Crippen LogP contribution in [0.2, 0.25) is 0 Å². The number of hydrogen-bond acceptors (Lipinski definition) is 2. The number of unbranched alkanes of at least 4 members (excludes halogenated alkanes) is 2. The summed E-state index contributed by atoms with van der Waals surface area (Å²) in [4.78, 5) is 26.3. The van der Waals surface area contributed by atoms with E-state index in [1.165, 1.54) is 43.4 Å². The molecule has 0 aromatic heterocycles. The summed E-state index contributed by atoms with van der Waals surface area (Å²) in [5, 5.41) is 0. The minimum Gasteiger partial charge on any atom is -0.274 e. The third kappa shape index (κ3) is 3.49. The first kappa shape index (κ1) is 16.2. The highest BCUT2D eigenvalue weighted by Gasteiger charge is 2.36. The molecule has 0 N–H and O–H groups in total. The molecular weight excluding hydrogens is 286 g/mol. The Morgan fingerprint density at radius 3 is 2.04 bits per heavy atom. The van der Waals surface area contributed by atoms with Gasteiger partial charge in [0.2, 0.25) is 0 Å². The highest BCUT2D eigenvalue weighted by atomic mass is 16.2. The van der Waals surface area contributed by atoms with Gasteiger partial charge in [-0.3, -0.25) is 14.5 Å². The van der Waals surface area contributed by atoms with Gasteiger partial charge in [-0.25, -0.2) is 0 Å². The van der Waals surface area contributed by atoms with Crippen LogP contribution in [0.1, 0.15) is 79.0 Å². The van der Waals surface area contributed by atoms with E-state index in [9.17, 15) is 9.59 Å². The van der Waals surface area contributed by atoms with Crippen molar-refractivity contribution in [1.82, 2.24) is 4.90 Å². The van der Waals surface area contributed by atoms with Crippen LogP contribution in [0.25, 0.3) is 0 Å². The zero-order valence-electron chi connectivity index (χ0n) is 14.1. The van der Waals surface area contributed by atoms with E-state index in [1.54, 1.807) is 12.1 Å². The Kier molecular flexibility index (Phi) is 5.14. The number of imide groups is 1. The molecular formula is C20H27NO2. The first-order valence-electron chi connectivity index (χ1n) is 9.16. The second-order valence-corrected chi connectivity index (χ2v) is 7.15. The van der Waals surface area contributed by atoms with E-state index in [1.807, 2.05) is 12.1 Å². The SMILES string of the molecule is CCCCCC1CCC(CN2C(=O)c3ccccc3C2=O)CC1. The highest BCUT2D eigenvalue weighted by molar-refractivity contribution is 6.21. The number of hydrogen-bond donors (Lipinski definition) is 0. The Labute approximate surface area is 139 Å². The van der Waals surface area contributed by atoms with Crippen LogP contribution in [-0.2, 0) is 0 Å². The number of nitrogens with zero attached hydrogens (tertiary/aromatic N) is 1. The number of fused-ring (bicyclic) bond motifs is 1. The van der Waals surface area contributed by atoms with Crippen molar-refractivity contribution in [3.63, 3.8) is 0 Å². The van der Waals surface area contributed by atoms with E-state index in [2.05, 4.69) is 6.92 Å². The van der Waals surface area contributed by atoms with Gasteiger partial charge in [0.25, 0.3) is 11.8 Å². The Hall–Kier alpha value is -1.64. The van der Waals surface area contributed by atoms with Gasteiger partial charge in [0.15, 0.2) is 0 Å². The first-order chi connectivity index (χ1) is 11.2. The summed E-state index contributed by atoms with van der Waals surface area (Å²) in [7, 11) is 0. The maximum atomic E-state index is 12.4. The molecule has 0 radical (unpaired) electrons. The average Bonchev–Trinajstić information content (AvgIpc) is 2.82. The molecule has 1 saturated carbocycles. The largest absolute Gasteiger partial charge is 0.274 e. The quantitative estimate of drug-likeness (QED) is 0.565. The van der Waals surface area contributed by atoms with E-state index in [0.717, 1.165) is 18.8 Å². The van der Waals surface area contributed by atoms with Crippen molar-refractivity contribution in [1.29, 1.82) is 0 Å². The lowest BCUT2D eigenvalue weighted by atomic mass is 9.79. The van der Waals surface area contributed by atoms with Crippen molar-refractivity contribution in [2.45, 2.75) is 58.3 Å². The normalized spacial score (nSPS) is 24.1. The monoisotopic (exact) mass is 313 g/mol. The van der Waals surface area contributed by atoms with Crippen molar-refractivity contribution < 1.29 is 9.59 Å². The molecule has 0 atom stereocenters. The Bertz CT molecular complexity index is 538. The second-order valence-electron chi connectivity index (χ2n) is 7.15. The van der Waals surface area contributed by atoms with Crippen LogP contribution < -0.4 is 0 Å². The lowest BCUT2D eigenvalue weighted by Crippen LogP contribution is -2.35. The molecule has 2 aliphatic rings. The summed E-state index contributed by atoms with van der Waals surface area (Å²) in [6.07, 6.45) is 10.2. The smallest absolute Gasteiger partial charge is 0.261 e. The van der Waals surface area contributed by atoms with Crippen molar-refractivity contribution in [2.24, 2.45) is 11.8 Å². The molecule has 0 bridgehead atoms. The van der Waals surface area contributed by atoms with Gasteiger partial charge < -0.3 is 0 Å². The van der Waals surface area contributed by atoms with Crippen LogP contribution >= 0.6 is 0 Å². The molecule has 1 aromatic rings. The van der Waals surface area contributed by atoms with Crippen molar-refractivity contribution in [3.8, 4) is 0 Å². The number of benzene rings is 1. The number of rotatable bonds is 6. The summed E-state index contributed by atoms with van der Waals surface area (Å²) in [6.45, 7) is 2.85. The van der Waals surface area contributed by atoms with Gasteiger partial charge >= 0.3 is 0 Å². The molecule has 1 heterocycles. The molecule has 0 saturated heterocycles. The average molecular weight is 313 g/mol. The number of carbonyl (C=O) groups is 2. The molecule has 3 rings (SSSR count). The van der Waals surface area contributed by atoms with E-state index in [4.69, 9.17) is 0 Å². The summed E-state index contributed by atoms with van der Waals surface area (Å²) in [5.41, 5.74) is 1.15. The molecule has 2 amide bonds. The third-order valence-corrected chi connectivity index (χ3v) is 5.50. The Balaban J connectivity index is 1.52. The van der Waals surface area contributed by atoms with Gasteiger partial charge in [0.05, 0.1) is 11.1 Å². The zero-order valence-corrected chi connectivity index (χ0v) is 14.1. The summed E-state index contributed by atoms with van der Waals surface area (Å²) in [6, 6.07) is 7.18. The highest BCUT2D eigenvalue weighted by Crippen LogP contribution is 2.34. The van der Waals surface area contributed by atoms with Gasteiger partial charge in [-0.2, -0.15) is 0 Å². The number of carbonyl (C=O) groups excluding carboxylic acids is 2. The van der Waals surface area contributed by atoms with Crippen LogP contribution in [0.4, 0.5) is 0 Å². The van der Waals surface area contributed by atoms with Crippen LogP contribution in [-0.4, -0.2) is 23.3 Å². The Morgan fingerprint density at radius 1 is 0.913 bits per heavy atom. The van der Waals surface area contributed by atoms with E-state index < -0.39 is 0 Å². The molecule has 124 valence electrons. The van der Waals surface area contributed by atoms with Gasteiger partial charge in [0.1, 0.15) is 0 Å². The molecule has 0 unspecified atom stereocenters. The van der Waals surface area contributed by atoms with Gasteiger partial charge in [-0.15, -0.1) is 0 Å². The lowest BCUT2D eigenvalue weighted by Gasteiger charge is -2.30. The topological polar surface area (TPSA) is 37.4 Å². The predicted molar refractivity (Wildman–Crippen MR) is 91.4 cm³/mol. The van der Waals surface area contributed by atoms with E-state index in [0.29, 0.717) is 23.6 Å². The van der Waals surface area contributed by atoms with E-state index >= 15 is 0 Å². The molecule has 3 heteroatoms. The fraction of sp³-hybridized carbons (Fsp3) is 0.600. The van der Waals surface area contributed by atoms with Crippen molar-refractivity contribution in [2.75, 3.05) is 6.54 Å². The lowest BCUT2D eigenvalue weighted by molar-refractivity contribution is 0.0609. The molecule has 1 aliphatic carbocycles. The first-order valence-corrected chi connectivity index (χ1v) is 9.16. The third-order valence-electron chi connectivity index (χ3n) is 5.50. The minimum absolute atomic E-state index is 0.101. The van der Waals surface area contributed by atoms with Crippen LogP contribution in [0.15, 0.2) is 24.3 Å². The molecule has 0 spiro atoms. The number of amides is 2. The molecule has 1 fully saturated rings. The van der Waals surface area contributed by atoms with Crippen molar-refractivity contribution >= 4 is 11.8 Å². The maximum absolute atomic E-state index is 12.4. The summed E-state index contributed by atoms with van der Waals surface area (Å²) >= 11 is 0. The maximum Gasteiger partial charge on any atom is 0.261 e. The fourth-order valence-electron chi connectivity index (χ4n) is 4.05. The van der Waals surface area contributed by atoms with Crippen LogP contribution in [0, 0.1) is 11.8 Å². The minimum atomic E-state index is -0.101. The predicted octanol–water partition coefficient (Wildman–Crippen LogP) is 4.67. The van der Waals surface area contributed by atoms with Crippen molar-refractivity contribution in [3.05, 3.63) is 35.4 Å². The van der Waals surface area contributed by atoms with Gasteiger partial charge in [-0.05, 0) is 36.8 Å². The summed E-state index contributed by atoms with van der Waals surface area (Å²) in [5.74, 6) is 1.14. The van der Waals surface area contributed by atoms with Gasteiger partial charge in [0, 0.05) is 6.54 Å².